The number of hydrogen-bond donors (Lipinski definition) is 0. The van der Waals surface area contributed by atoms with Crippen molar-refractivity contribution in [1.29, 1.82) is 5.26 Å². The van der Waals surface area contributed by atoms with Gasteiger partial charge in [0.25, 0.3) is 0 Å². The van der Waals surface area contributed by atoms with Crippen LogP contribution in [0, 0.1) is 11.3 Å². The molecular formula is C52H31N5O. The minimum absolute atomic E-state index is 0.536. The highest BCUT2D eigenvalue weighted by atomic mass is 16.3. The van der Waals surface area contributed by atoms with E-state index in [4.69, 9.17) is 19.4 Å². The summed E-state index contributed by atoms with van der Waals surface area (Å²) in [6.07, 6.45) is 0. The molecule has 0 atom stereocenters. The minimum Gasteiger partial charge on any atom is -0.456 e. The molecule has 11 aromatic rings. The first-order chi connectivity index (χ1) is 28.7. The van der Waals surface area contributed by atoms with Gasteiger partial charge in [-0.05, 0) is 95.1 Å². The third-order valence-electron chi connectivity index (χ3n) is 10.9. The number of nitriles is 1. The first-order valence-electron chi connectivity index (χ1n) is 19.2. The third kappa shape index (κ3) is 5.61. The molecule has 0 bridgehead atoms. The summed E-state index contributed by atoms with van der Waals surface area (Å²) in [6, 6.07) is 66.2. The standard InChI is InChI=1S/C52H31N5O/c53-32-33-12-9-15-35(28-33)36-16-10-17-37(29-36)50-54-51(38-25-27-46-44(30-38)42-20-7-8-22-45(42)57(46)40-18-5-2-6-19-40)56-52(55-50)39-24-26-43-48(31-39)58-47-23-11-21-41(49(43)47)34-13-3-1-4-14-34/h1-31H. The van der Waals surface area contributed by atoms with Crippen molar-refractivity contribution >= 4 is 43.7 Å². The first-order valence-corrected chi connectivity index (χ1v) is 19.2. The molecule has 6 nitrogen and oxygen atoms in total. The van der Waals surface area contributed by atoms with Crippen molar-refractivity contribution in [1.82, 2.24) is 19.5 Å². The van der Waals surface area contributed by atoms with Gasteiger partial charge >= 0.3 is 0 Å². The highest BCUT2D eigenvalue weighted by Crippen LogP contribution is 2.39. The molecular weight excluding hydrogens is 711 g/mol. The number of fused-ring (bicyclic) bond motifs is 6. The maximum absolute atomic E-state index is 9.59. The SMILES string of the molecule is N#Cc1cccc(-c2cccc(-c3nc(-c4ccc5c(c4)oc4cccc(-c6ccccc6)c45)nc(-c4ccc5c(c4)c4ccccc4n5-c4ccccc4)n3)c2)c1. The fourth-order valence-corrected chi connectivity index (χ4v) is 8.16. The normalized spacial score (nSPS) is 11.4. The van der Waals surface area contributed by atoms with Crippen LogP contribution in [0.15, 0.2) is 192 Å². The van der Waals surface area contributed by atoms with Crippen LogP contribution in [0.3, 0.4) is 0 Å². The van der Waals surface area contributed by atoms with E-state index in [1.807, 2.05) is 72.8 Å². The number of aromatic nitrogens is 4. The molecule has 0 aliphatic rings. The van der Waals surface area contributed by atoms with Gasteiger partial charge in [0.05, 0.1) is 22.7 Å². The largest absolute Gasteiger partial charge is 0.456 e. The number of para-hydroxylation sites is 2. The van der Waals surface area contributed by atoms with Crippen LogP contribution in [0.1, 0.15) is 5.56 Å². The number of benzene rings is 8. The Balaban J connectivity index is 1.10. The lowest BCUT2D eigenvalue weighted by Crippen LogP contribution is -2.00. The van der Waals surface area contributed by atoms with Crippen molar-refractivity contribution in [2.45, 2.75) is 0 Å². The topological polar surface area (TPSA) is 80.5 Å². The van der Waals surface area contributed by atoms with Crippen molar-refractivity contribution in [3.05, 3.63) is 194 Å². The van der Waals surface area contributed by atoms with Gasteiger partial charge in [0.1, 0.15) is 11.2 Å². The Labute approximate surface area is 333 Å². The van der Waals surface area contributed by atoms with Crippen molar-refractivity contribution < 1.29 is 4.42 Å². The van der Waals surface area contributed by atoms with E-state index in [1.54, 1.807) is 0 Å². The number of furan rings is 1. The van der Waals surface area contributed by atoms with E-state index in [0.717, 1.165) is 88.4 Å². The van der Waals surface area contributed by atoms with Crippen LogP contribution in [-0.4, -0.2) is 19.5 Å². The average molecular weight is 742 g/mol. The maximum atomic E-state index is 9.59. The van der Waals surface area contributed by atoms with Crippen molar-refractivity contribution in [2.75, 3.05) is 0 Å². The molecule has 0 unspecified atom stereocenters. The Hall–Kier alpha value is -8.14. The number of nitrogens with zero attached hydrogens (tertiary/aromatic N) is 5. The van der Waals surface area contributed by atoms with E-state index >= 15 is 0 Å². The summed E-state index contributed by atoms with van der Waals surface area (Å²) < 4.78 is 8.82. The molecule has 0 N–H and O–H groups in total. The van der Waals surface area contributed by atoms with E-state index in [-0.39, 0.29) is 0 Å². The highest BCUT2D eigenvalue weighted by molar-refractivity contribution is 6.13. The lowest BCUT2D eigenvalue weighted by atomic mass is 9.99. The fourth-order valence-electron chi connectivity index (χ4n) is 8.16. The van der Waals surface area contributed by atoms with Crippen LogP contribution in [0.4, 0.5) is 0 Å². The van der Waals surface area contributed by atoms with Gasteiger partial charge in [-0.1, -0.05) is 115 Å². The summed E-state index contributed by atoms with van der Waals surface area (Å²) in [5.74, 6) is 1.64. The summed E-state index contributed by atoms with van der Waals surface area (Å²) in [7, 11) is 0. The minimum atomic E-state index is 0.536. The summed E-state index contributed by atoms with van der Waals surface area (Å²) in [5.41, 5.74) is 12.2. The van der Waals surface area contributed by atoms with Crippen LogP contribution in [0.5, 0.6) is 0 Å². The predicted molar refractivity (Wildman–Crippen MR) is 233 cm³/mol. The van der Waals surface area contributed by atoms with E-state index in [2.05, 4.69) is 126 Å². The van der Waals surface area contributed by atoms with E-state index in [0.29, 0.717) is 23.0 Å². The molecule has 0 amide bonds. The highest BCUT2D eigenvalue weighted by Gasteiger charge is 2.19. The zero-order valence-electron chi connectivity index (χ0n) is 31.0. The van der Waals surface area contributed by atoms with Crippen molar-refractivity contribution in [3.8, 4) is 68.2 Å². The van der Waals surface area contributed by atoms with Crippen molar-refractivity contribution in [2.24, 2.45) is 0 Å². The second kappa shape index (κ2) is 13.6. The molecule has 8 aromatic carbocycles. The molecule has 3 heterocycles. The Morgan fingerprint density at radius 1 is 0.414 bits per heavy atom. The molecule has 0 aliphatic carbocycles. The summed E-state index contributed by atoms with van der Waals surface area (Å²) in [4.78, 5) is 15.5. The molecule has 0 aliphatic heterocycles. The summed E-state index contributed by atoms with van der Waals surface area (Å²) in [5, 5.41) is 14.0. The third-order valence-corrected chi connectivity index (χ3v) is 10.9. The summed E-state index contributed by atoms with van der Waals surface area (Å²) >= 11 is 0. The van der Waals surface area contributed by atoms with Gasteiger partial charge in [-0.2, -0.15) is 5.26 Å². The zero-order chi connectivity index (χ0) is 38.6. The van der Waals surface area contributed by atoms with Gasteiger partial charge in [-0.3, -0.25) is 0 Å². The van der Waals surface area contributed by atoms with Gasteiger partial charge in [-0.25, -0.2) is 15.0 Å². The molecule has 0 saturated carbocycles. The van der Waals surface area contributed by atoms with Crippen LogP contribution >= 0.6 is 0 Å². The molecule has 58 heavy (non-hydrogen) atoms. The summed E-state index contributed by atoms with van der Waals surface area (Å²) in [6.45, 7) is 0. The van der Waals surface area contributed by atoms with Crippen LogP contribution < -0.4 is 0 Å². The average Bonchev–Trinajstić information content (AvgIpc) is 3.85. The second-order valence-corrected chi connectivity index (χ2v) is 14.4. The quantitative estimate of drug-likeness (QED) is 0.169. The smallest absolute Gasteiger partial charge is 0.164 e. The van der Waals surface area contributed by atoms with Gasteiger partial charge in [0, 0.05) is 43.9 Å². The van der Waals surface area contributed by atoms with Crippen LogP contribution in [-0.2, 0) is 0 Å². The molecule has 0 saturated heterocycles. The molecule has 11 rings (SSSR count). The van der Waals surface area contributed by atoms with Gasteiger partial charge in [0.2, 0.25) is 0 Å². The molecule has 0 radical (unpaired) electrons. The first kappa shape index (κ1) is 33.2. The molecule has 6 heteroatoms. The van der Waals surface area contributed by atoms with Crippen LogP contribution in [0.25, 0.3) is 106 Å². The Morgan fingerprint density at radius 2 is 1.02 bits per heavy atom. The van der Waals surface area contributed by atoms with E-state index in [9.17, 15) is 5.26 Å². The lowest BCUT2D eigenvalue weighted by Gasteiger charge is -2.11. The molecule has 270 valence electrons. The van der Waals surface area contributed by atoms with Crippen molar-refractivity contribution in [3.63, 3.8) is 0 Å². The van der Waals surface area contributed by atoms with Gasteiger partial charge in [-0.15, -0.1) is 0 Å². The number of hydrogen-bond acceptors (Lipinski definition) is 5. The Morgan fingerprint density at radius 3 is 1.81 bits per heavy atom. The predicted octanol–water partition coefficient (Wildman–Crippen LogP) is 13.1. The lowest BCUT2D eigenvalue weighted by molar-refractivity contribution is 0.669. The molecule has 0 spiro atoms. The van der Waals surface area contributed by atoms with E-state index in [1.165, 1.54) is 0 Å². The fraction of sp³-hybridized carbons (Fsp3) is 0. The monoisotopic (exact) mass is 741 g/mol. The molecule has 0 fully saturated rings. The van der Waals surface area contributed by atoms with Gasteiger partial charge in [0.15, 0.2) is 17.5 Å². The van der Waals surface area contributed by atoms with Gasteiger partial charge < -0.3 is 8.98 Å². The Bertz CT molecular complexity index is 3410. The zero-order valence-corrected chi connectivity index (χ0v) is 31.0. The van der Waals surface area contributed by atoms with Crippen LogP contribution in [0.2, 0.25) is 0 Å². The second-order valence-electron chi connectivity index (χ2n) is 14.4. The van der Waals surface area contributed by atoms with E-state index < -0.39 is 0 Å². The molecule has 3 aromatic heterocycles. The maximum Gasteiger partial charge on any atom is 0.164 e. The Kier molecular flexibility index (Phi) is 7.76. The number of rotatable bonds is 6.